The van der Waals surface area contributed by atoms with Crippen molar-refractivity contribution in [1.29, 1.82) is 5.26 Å². The SMILES string of the molecule is CCC(C)NC(=O)C(C)NC(=O)c1cccc(OCc2ccccc2C#N)c1. The molecular weight excluding hydrogens is 354 g/mol. The molecule has 2 rings (SSSR count). The highest BCUT2D eigenvalue weighted by Gasteiger charge is 2.18. The van der Waals surface area contributed by atoms with E-state index < -0.39 is 6.04 Å². The van der Waals surface area contributed by atoms with Gasteiger partial charge in [-0.2, -0.15) is 5.26 Å². The van der Waals surface area contributed by atoms with Crippen molar-refractivity contribution in [2.45, 2.75) is 45.9 Å². The fraction of sp³-hybridized carbons (Fsp3) is 0.318. The molecule has 0 spiro atoms. The van der Waals surface area contributed by atoms with E-state index in [2.05, 4.69) is 16.7 Å². The number of hydrogen-bond donors (Lipinski definition) is 2. The van der Waals surface area contributed by atoms with Crippen LogP contribution in [-0.4, -0.2) is 23.9 Å². The molecule has 2 amide bonds. The number of rotatable bonds is 8. The highest BCUT2D eigenvalue weighted by atomic mass is 16.5. The standard InChI is InChI=1S/C22H25N3O3/c1-4-15(2)24-21(26)16(3)25-22(27)17-10-7-11-20(12-17)28-14-19-9-6-5-8-18(19)13-23/h5-12,15-16H,4,14H2,1-3H3,(H,24,26)(H,25,27). The van der Waals surface area contributed by atoms with Crippen LogP contribution in [0.15, 0.2) is 48.5 Å². The number of benzene rings is 2. The Kier molecular flexibility index (Phi) is 7.58. The van der Waals surface area contributed by atoms with Crippen molar-refractivity contribution >= 4 is 11.8 Å². The van der Waals surface area contributed by atoms with E-state index in [0.717, 1.165) is 12.0 Å². The summed E-state index contributed by atoms with van der Waals surface area (Å²) in [6.07, 6.45) is 0.820. The molecule has 0 radical (unpaired) electrons. The third-order valence-corrected chi connectivity index (χ3v) is 4.37. The molecule has 0 bridgehead atoms. The summed E-state index contributed by atoms with van der Waals surface area (Å²) in [5, 5.41) is 14.7. The minimum Gasteiger partial charge on any atom is -0.489 e. The zero-order valence-electron chi connectivity index (χ0n) is 16.4. The zero-order chi connectivity index (χ0) is 20.5. The number of nitrogens with one attached hydrogen (secondary N) is 2. The Labute approximate surface area is 165 Å². The van der Waals surface area contributed by atoms with Crippen molar-refractivity contribution in [2.75, 3.05) is 0 Å². The lowest BCUT2D eigenvalue weighted by molar-refractivity contribution is -0.123. The molecule has 2 aromatic rings. The van der Waals surface area contributed by atoms with E-state index in [4.69, 9.17) is 10.00 Å². The van der Waals surface area contributed by atoms with Crippen molar-refractivity contribution in [2.24, 2.45) is 0 Å². The molecular formula is C22H25N3O3. The summed E-state index contributed by atoms with van der Waals surface area (Å²) < 4.78 is 5.73. The van der Waals surface area contributed by atoms with Crippen LogP contribution in [0.5, 0.6) is 5.75 Å². The molecule has 0 saturated carbocycles. The minimum absolute atomic E-state index is 0.0554. The molecule has 2 aromatic carbocycles. The van der Waals surface area contributed by atoms with Crippen LogP contribution in [0.4, 0.5) is 0 Å². The summed E-state index contributed by atoms with van der Waals surface area (Å²) in [6, 6.07) is 15.5. The number of hydrogen-bond acceptors (Lipinski definition) is 4. The van der Waals surface area contributed by atoms with Gasteiger partial charge in [-0.25, -0.2) is 0 Å². The average molecular weight is 379 g/mol. The van der Waals surface area contributed by atoms with Gasteiger partial charge in [0, 0.05) is 17.2 Å². The fourth-order valence-corrected chi connectivity index (χ4v) is 2.46. The number of carbonyl (C=O) groups excluding carboxylic acids is 2. The van der Waals surface area contributed by atoms with E-state index in [1.54, 1.807) is 43.3 Å². The molecule has 146 valence electrons. The largest absolute Gasteiger partial charge is 0.489 e. The first-order valence-electron chi connectivity index (χ1n) is 9.26. The van der Waals surface area contributed by atoms with Gasteiger partial charge in [0.15, 0.2) is 0 Å². The van der Waals surface area contributed by atoms with E-state index in [0.29, 0.717) is 16.9 Å². The second-order valence-electron chi connectivity index (χ2n) is 6.60. The van der Waals surface area contributed by atoms with Gasteiger partial charge in [0.05, 0.1) is 11.6 Å². The van der Waals surface area contributed by atoms with Gasteiger partial charge in [-0.05, 0) is 44.5 Å². The summed E-state index contributed by atoms with van der Waals surface area (Å²) in [6.45, 7) is 5.77. The Morgan fingerprint density at radius 3 is 2.57 bits per heavy atom. The monoisotopic (exact) mass is 379 g/mol. The molecule has 2 unspecified atom stereocenters. The van der Waals surface area contributed by atoms with Crippen LogP contribution in [-0.2, 0) is 11.4 Å². The normalized spacial score (nSPS) is 12.4. The molecule has 0 saturated heterocycles. The van der Waals surface area contributed by atoms with E-state index in [9.17, 15) is 9.59 Å². The maximum absolute atomic E-state index is 12.5. The molecule has 2 atom stereocenters. The average Bonchev–Trinajstić information content (AvgIpc) is 2.72. The van der Waals surface area contributed by atoms with Crippen LogP contribution in [0, 0.1) is 11.3 Å². The topological polar surface area (TPSA) is 91.2 Å². The molecule has 2 N–H and O–H groups in total. The van der Waals surface area contributed by atoms with E-state index in [-0.39, 0.29) is 24.5 Å². The number of amides is 2. The van der Waals surface area contributed by atoms with Gasteiger partial charge in [-0.3, -0.25) is 9.59 Å². The molecule has 0 fully saturated rings. The number of nitriles is 1. The van der Waals surface area contributed by atoms with Crippen molar-refractivity contribution in [3.05, 3.63) is 65.2 Å². The molecule has 6 nitrogen and oxygen atoms in total. The minimum atomic E-state index is -0.645. The summed E-state index contributed by atoms with van der Waals surface area (Å²) in [5.74, 6) is -0.0602. The third kappa shape index (κ3) is 5.85. The van der Waals surface area contributed by atoms with E-state index >= 15 is 0 Å². The Hall–Kier alpha value is -3.33. The lowest BCUT2D eigenvalue weighted by atomic mass is 10.1. The van der Waals surface area contributed by atoms with Crippen LogP contribution in [0.25, 0.3) is 0 Å². The molecule has 0 aliphatic heterocycles. The van der Waals surface area contributed by atoms with Crippen molar-refractivity contribution < 1.29 is 14.3 Å². The first-order valence-corrected chi connectivity index (χ1v) is 9.26. The second kappa shape index (κ2) is 10.1. The van der Waals surface area contributed by atoms with Gasteiger partial charge in [-0.15, -0.1) is 0 Å². The predicted molar refractivity (Wildman–Crippen MR) is 107 cm³/mol. The van der Waals surface area contributed by atoms with Crippen LogP contribution < -0.4 is 15.4 Å². The van der Waals surface area contributed by atoms with Crippen LogP contribution in [0.2, 0.25) is 0 Å². The summed E-state index contributed by atoms with van der Waals surface area (Å²) in [5.41, 5.74) is 1.72. The fourth-order valence-electron chi connectivity index (χ4n) is 2.46. The van der Waals surface area contributed by atoms with Gasteiger partial charge in [0.2, 0.25) is 5.91 Å². The van der Waals surface area contributed by atoms with Crippen molar-refractivity contribution in [3.63, 3.8) is 0 Å². The number of nitrogens with zero attached hydrogens (tertiary/aromatic N) is 1. The van der Waals surface area contributed by atoms with Crippen molar-refractivity contribution in [3.8, 4) is 11.8 Å². The first kappa shape index (κ1) is 21.0. The molecule has 28 heavy (non-hydrogen) atoms. The highest BCUT2D eigenvalue weighted by molar-refractivity contribution is 5.97. The van der Waals surface area contributed by atoms with Gasteiger partial charge < -0.3 is 15.4 Å². The summed E-state index contributed by atoms with van der Waals surface area (Å²) in [4.78, 5) is 24.5. The highest BCUT2D eigenvalue weighted by Crippen LogP contribution is 2.17. The molecule has 6 heteroatoms. The maximum atomic E-state index is 12.5. The molecule has 0 heterocycles. The number of ether oxygens (including phenoxy) is 1. The molecule has 0 aliphatic carbocycles. The quantitative estimate of drug-likeness (QED) is 0.737. The van der Waals surface area contributed by atoms with Crippen LogP contribution >= 0.6 is 0 Å². The Morgan fingerprint density at radius 1 is 1.11 bits per heavy atom. The van der Waals surface area contributed by atoms with E-state index in [1.165, 1.54) is 0 Å². The maximum Gasteiger partial charge on any atom is 0.252 e. The Morgan fingerprint density at radius 2 is 1.86 bits per heavy atom. The zero-order valence-corrected chi connectivity index (χ0v) is 16.4. The van der Waals surface area contributed by atoms with Crippen LogP contribution in [0.3, 0.4) is 0 Å². The predicted octanol–water partition coefficient (Wildman–Crippen LogP) is 3.17. The van der Waals surface area contributed by atoms with Gasteiger partial charge in [0.1, 0.15) is 18.4 Å². The summed E-state index contributed by atoms with van der Waals surface area (Å²) >= 11 is 0. The molecule has 0 aromatic heterocycles. The first-order chi connectivity index (χ1) is 13.4. The second-order valence-corrected chi connectivity index (χ2v) is 6.60. The van der Waals surface area contributed by atoms with Crippen LogP contribution in [0.1, 0.15) is 48.7 Å². The van der Waals surface area contributed by atoms with E-state index in [1.807, 2.05) is 26.0 Å². The third-order valence-electron chi connectivity index (χ3n) is 4.37. The smallest absolute Gasteiger partial charge is 0.252 e. The Bertz CT molecular complexity index is 873. The number of carbonyl (C=O) groups is 2. The lowest BCUT2D eigenvalue weighted by Crippen LogP contribution is -2.47. The van der Waals surface area contributed by atoms with Gasteiger partial charge in [0.25, 0.3) is 5.91 Å². The summed E-state index contributed by atoms with van der Waals surface area (Å²) in [7, 11) is 0. The molecule has 0 aliphatic rings. The Balaban J connectivity index is 1.99. The van der Waals surface area contributed by atoms with Gasteiger partial charge in [-0.1, -0.05) is 31.2 Å². The van der Waals surface area contributed by atoms with Gasteiger partial charge >= 0.3 is 0 Å². The van der Waals surface area contributed by atoms with Crippen molar-refractivity contribution in [1.82, 2.24) is 10.6 Å². The lowest BCUT2D eigenvalue weighted by Gasteiger charge is -2.17.